The zero-order chi connectivity index (χ0) is 22.7. The molecule has 10 heteroatoms. The van der Waals surface area contributed by atoms with Crippen molar-refractivity contribution in [3.05, 3.63) is 55.7 Å². The molecule has 0 aliphatic heterocycles. The van der Waals surface area contributed by atoms with Crippen LogP contribution < -0.4 is 14.2 Å². The molecule has 0 radical (unpaired) electrons. The van der Waals surface area contributed by atoms with Crippen molar-refractivity contribution in [2.75, 3.05) is 13.7 Å². The Labute approximate surface area is 199 Å². The first-order valence-corrected chi connectivity index (χ1v) is 11.7. The Morgan fingerprint density at radius 3 is 2.53 bits per heavy atom. The average molecular weight is 494 g/mol. The maximum atomic E-state index is 13.3. The molecule has 0 bridgehead atoms. The van der Waals surface area contributed by atoms with Gasteiger partial charge in [0.15, 0.2) is 22.3 Å². The van der Waals surface area contributed by atoms with Gasteiger partial charge in [-0.15, -0.1) is 10.2 Å². The average Bonchev–Trinajstić information content (AvgIpc) is 3.53. The molecule has 32 heavy (non-hydrogen) atoms. The molecule has 0 N–H and O–H groups in total. The molecule has 168 valence electrons. The van der Waals surface area contributed by atoms with Crippen LogP contribution in [0, 0.1) is 0 Å². The van der Waals surface area contributed by atoms with Gasteiger partial charge in [-0.3, -0.25) is 9.78 Å². The molecule has 1 saturated carbocycles. The first kappa shape index (κ1) is 22.8. The van der Waals surface area contributed by atoms with Crippen molar-refractivity contribution in [3.63, 3.8) is 0 Å². The standard InChI is InChI=1S/C22H21Cl2N3O4S/c1-3-30-21-18(29-2)7-6-13(17(28)8-14-15(23)9-25-10-16(14)24)20(21)31-11-19-26-27-22(32-19)12-4-5-12/h6-7,9-10,12H,3-5,8,11H2,1-2H3. The Kier molecular flexibility index (Phi) is 7.13. The molecule has 2 heterocycles. The van der Waals surface area contributed by atoms with Gasteiger partial charge in [0.25, 0.3) is 0 Å². The number of carbonyl (C=O) groups excluding carboxylic acids is 1. The lowest BCUT2D eigenvalue weighted by molar-refractivity contribution is 0.0987. The van der Waals surface area contributed by atoms with E-state index in [1.807, 2.05) is 6.92 Å². The summed E-state index contributed by atoms with van der Waals surface area (Å²) in [6, 6.07) is 3.33. The maximum Gasteiger partial charge on any atom is 0.204 e. The van der Waals surface area contributed by atoms with Crippen molar-refractivity contribution in [2.24, 2.45) is 0 Å². The minimum atomic E-state index is -0.227. The largest absolute Gasteiger partial charge is 0.493 e. The number of ether oxygens (including phenoxy) is 3. The van der Waals surface area contributed by atoms with E-state index >= 15 is 0 Å². The second-order valence-electron chi connectivity index (χ2n) is 7.19. The molecule has 1 aliphatic carbocycles. The monoisotopic (exact) mass is 493 g/mol. The van der Waals surface area contributed by atoms with Crippen LogP contribution in [0.25, 0.3) is 0 Å². The zero-order valence-electron chi connectivity index (χ0n) is 17.6. The summed E-state index contributed by atoms with van der Waals surface area (Å²) in [4.78, 5) is 17.2. The Morgan fingerprint density at radius 1 is 1.12 bits per heavy atom. The summed E-state index contributed by atoms with van der Waals surface area (Å²) in [5.41, 5.74) is 0.844. The van der Waals surface area contributed by atoms with Gasteiger partial charge in [-0.25, -0.2) is 0 Å². The number of carbonyl (C=O) groups is 1. The smallest absolute Gasteiger partial charge is 0.204 e. The van der Waals surface area contributed by atoms with Crippen LogP contribution in [-0.4, -0.2) is 34.7 Å². The van der Waals surface area contributed by atoms with Gasteiger partial charge in [0.1, 0.15) is 11.6 Å². The van der Waals surface area contributed by atoms with E-state index in [0.717, 1.165) is 22.9 Å². The number of pyridine rings is 1. The lowest BCUT2D eigenvalue weighted by atomic mass is 10.0. The minimum Gasteiger partial charge on any atom is -0.493 e. The van der Waals surface area contributed by atoms with Crippen LogP contribution in [0.5, 0.6) is 17.2 Å². The highest BCUT2D eigenvalue weighted by Gasteiger charge is 2.28. The van der Waals surface area contributed by atoms with E-state index in [1.54, 1.807) is 12.1 Å². The highest BCUT2D eigenvalue weighted by Crippen LogP contribution is 2.43. The number of hydrogen-bond acceptors (Lipinski definition) is 8. The van der Waals surface area contributed by atoms with Crippen molar-refractivity contribution < 1.29 is 19.0 Å². The number of methoxy groups -OCH3 is 1. The fourth-order valence-electron chi connectivity index (χ4n) is 3.17. The van der Waals surface area contributed by atoms with Gasteiger partial charge < -0.3 is 14.2 Å². The quantitative estimate of drug-likeness (QED) is 0.343. The van der Waals surface area contributed by atoms with Crippen molar-refractivity contribution in [3.8, 4) is 17.2 Å². The number of benzene rings is 1. The third kappa shape index (κ3) is 4.98. The SMILES string of the molecule is CCOc1c(OC)ccc(C(=O)Cc2c(Cl)cncc2Cl)c1OCc1nnc(C2CC2)s1. The summed E-state index contributed by atoms with van der Waals surface area (Å²) in [7, 11) is 1.53. The van der Waals surface area contributed by atoms with Crippen molar-refractivity contribution in [1.29, 1.82) is 0 Å². The molecular formula is C22H21Cl2N3O4S. The molecule has 0 spiro atoms. The van der Waals surface area contributed by atoms with Crippen LogP contribution in [0.15, 0.2) is 24.5 Å². The molecule has 1 aromatic carbocycles. The van der Waals surface area contributed by atoms with E-state index in [-0.39, 0.29) is 18.8 Å². The Hall–Kier alpha value is -2.42. The third-order valence-electron chi connectivity index (χ3n) is 4.92. The summed E-state index contributed by atoms with van der Waals surface area (Å²) in [5.74, 6) is 1.41. The van der Waals surface area contributed by atoms with Crippen LogP contribution in [0.2, 0.25) is 10.0 Å². The van der Waals surface area contributed by atoms with Gasteiger partial charge >= 0.3 is 0 Å². The molecule has 3 aromatic rings. The first-order chi connectivity index (χ1) is 15.5. The van der Waals surface area contributed by atoms with E-state index in [9.17, 15) is 4.79 Å². The molecule has 0 saturated heterocycles. The Balaban J connectivity index is 1.65. The molecule has 7 nitrogen and oxygen atoms in total. The van der Waals surface area contributed by atoms with Crippen molar-refractivity contribution in [2.45, 2.75) is 38.7 Å². The van der Waals surface area contributed by atoms with Crippen LogP contribution in [0.3, 0.4) is 0 Å². The predicted molar refractivity (Wildman–Crippen MR) is 123 cm³/mol. The number of ketones is 1. The molecule has 1 fully saturated rings. The van der Waals surface area contributed by atoms with Crippen LogP contribution in [0.4, 0.5) is 0 Å². The van der Waals surface area contributed by atoms with Gasteiger partial charge in [-0.05, 0) is 31.9 Å². The summed E-state index contributed by atoms with van der Waals surface area (Å²) in [5, 5.41) is 10.9. The molecule has 0 amide bonds. The minimum absolute atomic E-state index is 0.0148. The fraction of sp³-hybridized carbons (Fsp3) is 0.364. The van der Waals surface area contributed by atoms with Crippen LogP contribution in [0.1, 0.15) is 51.6 Å². The second kappa shape index (κ2) is 10.0. The molecular weight excluding hydrogens is 473 g/mol. The molecule has 1 aliphatic rings. The van der Waals surface area contributed by atoms with Crippen LogP contribution in [-0.2, 0) is 13.0 Å². The lowest BCUT2D eigenvalue weighted by Crippen LogP contribution is -2.10. The van der Waals surface area contributed by atoms with E-state index in [4.69, 9.17) is 37.4 Å². The summed E-state index contributed by atoms with van der Waals surface area (Å²) >= 11 is 14.0. The number of aromatic nitrogens is 3. The van der Waals surface area contributed by atoms with Crippen LogP contribution >= 0.6 is 34.5 Å². The molecule has 0 atom stereocenters. The number of rotatable bonds is 10. The third-order valence-corrected chi connectivity index (χ3v) is 6.63. The highest BCUT2D eigenvalue weighted by atomic mass is 35.5. The summed E-state index contributed by atoms with van der Waals surface area (Å²) < 4.78 is 17.3. The number of hydrogen-bond donors (Lipinski definition) is 0. The normalized spacial score (nSPS) is 13.1. The highest BCUT2D eigenvalue weighted by molar-refractivity contribution is 7.11. The van der Waals surface area contributed by atoms with Crippen molar-refractivity contribution in [1.82, 2.24) is 15.2 Å². The van der Waals surface area contributed by atoms with Gasteiger partial charge in [0.2, 0.25) is 5.75 Å². The van der Waals surface area contributed by atoms with E-state index in [2.05, 4.69) is 15.2 Å². The predicted octanol–water partition coefficient (Wildman–Crippen LogP) is 5.53. The summed E-state index contributed by atoms with van der Waals surface area (Å²) in [6.07, 6.45) is 5.20. The van der Waals surface area contributed by atoms with Gasteiger partial charge in [-0.2, -0.15) is 0 Å². The maximum absolute atomic E-state index is 13.3. The number of nitrogens with zero attached hydrogens (tertiary/aromatic N) is 3. The van der Waals surface area contributed by atoms with E-state index in [0.29, 0.717) is 50.9 Å². The number of halogens is 2. The van der Waals surface area contributed by atoms with Crippen molar-refractivity contribution >= 4 is 40.3 Å². The molecule has 4 rings (SSSR count). The van der Waals surface area contributed by atoms with E-state index < -0.39 is 0 Å². The topological polar surface area (TPSA) is 83.4 Å². The van der Waals surface area contributed by atoms with Gasteiger partial charge in [-0.1, -0.05) is 34.5 Å². The summed E-state index contributed by atoms with van der Waals surface area (Å²) in [6.45, 7) is 2.38. The first-order valence-electron chi connectivity index (χ1n) is 10.1. The molecule has 2 aromatic heterocycles. The Morgan fingerprint density at radius 2 is 1.88 bits per heavy atom. The molecule has 0 unspecified atom stereocenters. The van der Waals surface area contributed by atoms with Gasteiger partial charge in [0.05, 0.1) is 29.3 Å². The van der Waals surface area contributed by atoms with E-state index in [1.165, 1.54) is 30.8 Å². The Bertz CT molecular complexity index is 1110. The lowest BCUT2D eigenvalue weighted by Gasteiger charge is -2.18. The van der Waals surface area contributed by atoms with Gasteiger partial charge in [0, 0.05) is 30.3 Å². The number of Topliss-reactive ketones (excluding diaryl/α,β-unsaturated/α-hetero) is 1. The fourth-order valence-corrected chi connectivity index (χ4v) is 4.59. The second-order valence-corrected chi connectivity index (χ2v) is 9.09. The zero-order valence-corrected chi connectivity index (χ0v) is 19.9.